The van der Waals surface area contributed by atoms with Crippen molar-refractivity contribution < 1.29 is 4.79 Å². The molecule has 1 aromatic carbocycles. The molecule has 0 saturated heterocycles. The fourth-order valence-electron chi connectivity index (χ4n) is 1.56. The zero-order valence-electron chi connectivity index (χ0n) is 9.19. The van der Waals surface area contributed by atoms with Crippen LogP contribution in [-0.4, -0.2) is 29.2 Å². The summed E-state index contributed by atoms with van der Waals surface area (Å²) in [6.07, 6.45) is 0. The molecule has 0 aliphatic carbocycles. The number of hydrogen-bond donors (Lipinski definition) is 0. The highest BCUT2D eigenvalue weighted by Crippen LogP contribution is 2.24. The minimum absolute atomic E-state index is 0.0798. The van der Waals surface area contributed by atoms with E-state index in [2.05, 4.69) is 4.99 Å². The van der Waals surface area contributed by atoms with Crippen LogP contribution in [0.5, 0.6) is 0 Å². The first-order valence-electron chi connectivity index (χ1n) is 4.96. The van der Waals surface area contributed by atoms with Gasteiger partial charge in [0.05, 0.1) is 0 Å². The lowest BCUT2D eigenvalue weighted by molar-refractivity contribution is -0.123. The molecule has 3 heteroatoms. The number of aliphatic imine (C=N–C) groups is 1. The van der Waals surface area contributed by atoms with Gasteiger partial charge in [0, 0.05) is 12.6 Å². The zero-order chi connectivity index (χ0) is 11.1. The molecule has 0 aromatic heterocycles. The number of carbonyl (C=O) groups excluding carboxylic acids is 1. The van der Waals surface area contributed by atoms with Crippen molar-refractivity contribution in [2.75, 3.05) is 7.05 Å². The summed E-state index contributed by atoms with van der Waals surface area (Å²) in [4.78, 5) is 17.7. The van der Waals surface area contributed by atoms with Gasteiger partial charge < -0.3 is 4.90 Å². The third-order valence-corrected chi connectivity index (χ3v) is 2.92. The van der Waals surface area contributed by atoms with Crippen LogP contribution in [0.1, 0.15) is 19.4 Å². The van der Waals surface area contributed by atoms with E-state index in [1.807, 2.05) is 56.1 Å². The Morgan fingerprint density at radius 1 is 1.20 bits per heavy atom. The Morgan fingerprint density at radius 2 is 1.80 bits per heavy atom. The lowest BCUT2D eigenvalue weighted by atomic mass is 10.0. The van der Waals surface area contributed by atoms with Gasteiger partial charge in [0.25, 0.3) is 5.91 Å². The zero-order valence-corrected chi connectivity index (χ0v) is 9.19. The smallest absolute Gasteiger partial charge is 0.272 e. The molecule has 0 saturated carbocycles. The third-order valence-electron chi connectivity index (χ3n) is 2.92. The maximum atomic E-state index is 11.7. The van der Waals surface area contributed by atoms with Crippen LogP contribution in [0, 0.1) is 0 Å². The number of amidine groups is 1. The summed E-state index contributed by atoms with van der Waals surface area (Å²) < 4.78 is 0. The Morgan fingerprint density at radius 3 is 2.27 bits per heavy atom. The summed E-state index contributed by atoms with van der Waals surface area (Å²) in [6.45, 7) is 3.77. The Bertz CT molecular complexity index is 421. The molecule has 2 rings (SSSR count). The molecule has 15 heavy (non-hydrogen) atoms. The quantitative estimate of drug-likeness (QED) is 0.694. The monoisotopic (exact) mass is 202 g/mol. The van der Waals surface area contributed by atoms with Gasteiger partial charge in [-0.15, -0.1) is 0 Å². The second-order valence-electron chi connectivity index (χ2n) is 4.22. The van der Waals surface area contributed by atoms with Gasteiger partial charge >= 0.3 is 0 Å². The molecule has 0 fully saturated rings. The van der Waals surface area contributed by atoms with Crippen molar-refractivity contribution in [2.24, 2.45) is 4.99 Å². The molecule has 0 unspecified atom stereocenters. The molecule has 3 nitrogen and oxygen atoms in total. The molecule has 1 amide bonds. The van der Waals surface area contributed by atoms with Crippen molar-refractivity contribution >= 4 is 11.7 Å². The largest absolute Gasteiger partial charge is 0.345 e. The van der Waals surface area contributed by atoms with E-state index < -0.39 is 5.54 Å². The summed E-state index contributed by atoms with van der Waals surface area (Å²) in [5.41, 5.74) is 0.462. The van der Waals surface area contributed by atoms with Gasteiger partial charge in [0.1, 0.15) is 11.4 Å². The average Bonchev–Trinajstić information content (AvgIpc) is 2.44. The van der Waals surface area contributed by atoms with Gasteiger partial charge in [-0.2, -0.15) is 4.99 Å². The van der Waals surface area contributed by atoms with Gasteiger partial charge in [-0.05, 0) is 13.8 Å². The summed E-state index contributed by atoms with van der Waals surface area (Å²) in [5, 5.41) is 0. The number of benzene rings is 1. The second kappa shape index (κ2) is 3.19. The van der Waals surface area contributed by atoms with Crippen molar-refractivity contribution in [1.82, 2.24) is 4.90 Å². The number of likely N-dealkylation sites (N-methyl/N-ethyl adjacent to an activating group) is 1. The molecule has 0 bridgehead atoms. The van der Waals surface area contributed by atoms with E-state index in [1.165, 1.54) is 0 Å². The summed E-state index contributed by atoms with van der Waals surface area (Å²) in [7, 11) is 1.90. The Balaban J connectivity index is 2.42. The molecule has 78 valence electrons. The lowest BCUT2D eigenvalue weighted by Crippen LogP contribution is -2.44. The molecular weight excluding hydrogens is 188 g/mol. The van der Waals surface area contributed by atoms with E-state index in [0.29, 0.717) is 0 Å². The van der Waals surface area contributed by atoms with Gasteiger partial charge in [0.15, 0.2) is 0 Å². The molecule has 0 atom stereocenters. The highest BCUT2D eigenvalue weighted by molar-refractivity contribution is 6.13. The maximum absolute atomic E-state index is 11.7. The Hall–Kier alpha value is -1.64. The molecule has 0 N–H and O–H groups in total. The van der Waals surface area contributed by atoms with Crippen molar-refractivity contribution in [1.29, 1.82) is 0 Å². The van der Waals surface area contributed by atoms with Crippen LogP contribution >= 0.6 is 0 Å². The maximum Gasteiger partial charge on any atom is 0.272 e. The van der Waals surface area contributed by atoms with Gasteiger partial charge in [-0.1, -0.05) is 30.3 Å². The topological polar surface area (TPSA) is 32.7 Å². The average molecular weight is 202 g/mol. The van der Waals surface area contributed by atoms with Crippen molar-refractivity contribution in [2.45, 2.75) is 19.4 Å². The molecular formula is C12H14N2O. The number of nitrogens with zero attached hydrogens (tertiary/aromatic N) is 2. The van der Waals surface area contributed by atoms with Crippen molar-refractivity contribution in [3.63, 3.8) is 0 Å². The van der Waals surface area contributed by atoms with Crippen LogP contribution in [0.4, 0.5) is 0 Å². The summed E-state index contributed by atoms with van der Waals surface area (Å²) >= 11 is 0. The van der Waals surface area contributed by atoms with Crippen molar-refractivity contribution in [3.8, 4) is 0 Å². The van der Waals surface area contributed by atoms with E-state index >= 15 is 0 Å². The summed E-state index contributed by atoms with van der Waals surface area (Å²) in [6, 6.07) is 9.77. The first kappa shape index (κ1) is 9.90. The molecule has 0 spiro atoms. The van der Waals surface area contributed by atoms with Gasteiger partial charge in [0.2, 0.25) is 0 Å². The second-order valence-corrected chi connectivity index (χ2v) is 4.22. The Labute approximate surface area is 89.4 Å². The molecule has 1 aliphatic heterocycles. The van der Waals surface area contributed by atoms with E-state index in [4.69, 9.17) is 0 Å². The van der Waals surface area contributed by atoms with Gasteiger partial charge in [-0.25, -0.2) is 0 Å². The molecule has 1 heterocycles. The molecule has 1 aliphatic rings. The highest BCUT2D eigenvalue weighted by atomic mass is 16.2. The summed E-state index contributed by atoms with van der Waals surface area (Å²) in [5.74, 6) is 0.675. The number of carbonyl (C=O) groups is 1. The Kier molecular flexibility index (Phi) is 2.11. The SMILES string of the molecule is CN1C(c2ccccc2)=NC(=O)C1(C)C. The predicted octanol–water partition coefficient (Wildman–Crippen LogP) is 1.68. The minimum Gasteiger partial charge on any atom is -0.345 e. The molecule has 1 aromatic rings. The highest BCUT2D eigenvalue weighted by Gasteiger charge is 2.40. The lowest BCUT2D eigenvalue weighted by Gasteiger charge is -2.28. The van der Waals surface area contributed by atoms with Crippen LogP contribution in [0.2, 0.25) is 0 Å². The van der Waals surface area contributed by atoms with Crippen LogP contribution in [-0.2, 0) is 4.79 Å². The fraction of sp³-hybridized carbons (Fsp3) is 0.333. The van der Waals surface area contributed by atoms with E-state index in [1.54, 1.807) is 0 Å². The molecule has 0 radical (unpaired) electrons. The first-order valence-corrected chi connectivity index (χ1v) is 4.96. The van der Waals surface area contributed by atoms with Crippen LogP contribution in [0.15, 0.2) is 35.3 Å². The van der Waals surface area contributed by atoms with Gasteiger partial charge in [-0.3, -0.25) is 4.79 Å². The third kappa shape index (κ3) is 1.44. The predicted molar refractivity (Wildman–Crippen MR) is 59.8 cm³/mol. The number of hydrogen-bond acceptors (Lipinski definition) is 2. The van der Waals surface area contributed by atoms with E-state index in [0.717, 1.165) is 11.4 Å². The van der Waals surface area contributed by atoms with Crippen LogP contribution in [0.25, 0.3) is 0 Å². The first-order chi connectivity index (χ1) is 7.03. The number of amides is 1. The number of rotatable bonds is 1. The fourth-order valence-corrected chi connectivity index (χ4v) is 1.56. The van der Waals surface area contributed by atoms with E-state index in [9.17, 15) is 4.79 Å². The van der Waals surface area contributed by atoms with E-state index in [-0.39, 0.29) is 5.91 Å². The van der Waals surface area contributed by atoms with Crippen molar-refractivity contribution in [3.05, 3.63) is 35.9 Å². The minimum atomic E-state index is -0.523. The van der Waals surface area contributed by atoms with Crippen LogP contribution in [0.3, 0.4) is 0 Å². The van der Waals surface area contributed by atoms with Crippen LogP contribution < -0.4 is 0 Å². The normalized spacial score (nSPS) is 19.3. The standard InChI is InChI=1S/C12H14N2O/c1-12(2)11(15)13-10(14(12)3)9-7-5-4-6-8-9/h4-8H,1-3H3.